The lowest BCUT2D eigenvalue weighted by molar-refractivity contribution is -0.384. The number of nitrogens with one attached hydrogen (secondary N) is 1. The van der Waals surface area contributed by atoms with E-state index in [2.05, 4.69) is 4.72 Å². The molecule has 0 amide bonds. The minimum absolute atomic E-state index is 0.0220. The van der Waals surface area contributed by atoms with Crippen molar-refractivity contribution in [3.05, 3.63) is 34.4 Å². The normalized spacial score (nSPS) is 13.1. The molecule has 0 aromatic heterocycles. The number of sulfonamides is 1. The van der Waals surface area contributed by atoms with E-state index in [0.29, 0.717) is 13.0 Å². The van der Waals surface area contributed by atoms with Gasteiger partial charge in [-0.15, -0.1) is 0 Å². The van der Waals surface area contributed by atoms with Gasteiger partial charge in [0.05, 0.1) is 9.82 Å². The largest absolute Gasteiger partial charge is 0.330 e. The minimum atomic E-state index is -3.64. The Kier molecular flexibility index (Phi) is 6.05. The predicted octanol–water partition coefficient (Wildman–Crippen LogP) is 1.39. The van der Waals surface area contributed by atoms with Crippen molar-refractivity contribution in [2.24, 2.45) is 5.73 Å². The van der Waals surface area contributed by atoms with Gasteiger partial charge in [-0.2, -0.15) is 0 Å². The summed E-state index contributed by atoms with van der Waals surface area (Å²) in [6.07, 6.45) is 2.40. The van der Waals surface area contributed by atoms with Crippen LogP contribution in [0.2, 0.25) is 0 Å². The second kappa shape index (κ2) is 7.32. The first-order valence-electron chi connectivity index (χ1n) is 6.33. The molecule has 0 spiro atoms. The summed E-state index contributed by atoms with van der Waals surface area (Å²) in [6.45, 7) is 2.36. The summed E-state index contributed by atoms with van der Waals surface area (Å²) >= 11 is 0. The van der Waals surface area contributed by atoms with Crippen LogP contribution in [0.25, 0.3) is 0 Å². The SMILES string of the molecule is CC(CCCCN)NS(=O)(=O)c1ccc([N+](=O)[O-])cc1. The summed E-state index contributed by atoms with van der Waals surface area (Å²) in [7, 11) is -3.64. The Bertz CT molecular complexity index is 542. The van der Waals surface area contributed by atoms with Gasteiger partial charge in [0.25, 0.3) is 5.69 Å². The zero-order valence-electron chi connectivity index (χ0n) is 11.3. The van der Waals surface area contributed by atoms with Crippen molar-refractivity contribution in [1.29, 1.82) is 0 Å². The summed E-state index contributed by atoms with van der Waals surface area (Å²) in [5.41, 5.74) is 5.24. The average Bonchev–Trinajstić information content (AvgIpc) is 2.38. The second-order valence-electron chi connectivity index (χ2n) is 4.56. The first-order valence-corrected chi connectivity index (χ1v) is 7.82. The van der Waals surface area contributed by atoms with E-state index < -0.39 is 14.9 Å². The van der Waals surface area contributed by atoms with Gasteiger partial charge in [-0.3, -0.25) is 10.1 Å². The molecule has 7 nitrogen and oxygen atoms in total. The number of benzene rings is 1. The summed E-state index contributed by atoms with van der Waals surface area (Å²) < 4.78 is 26.6. The molecular weight excluding hydrogens is 282 g/mol. The molecule has 0 fully saturated rings. The number of hydrogen-bond donors (Lipinski definition) is 2. The van der Waals surface area contributed by atoms with Gasteiger partial charge >= 0.3 is 0 Å². The van der Waals surface area contributed by atoms with Crippen LogP contribution in [-0.4, -0.2) is 25.9 Å². The van der Waals surface area contributed by atoms with E-state index in [0.717, 1.165) is 12.8 Å². The molecule has 0 aliphatic rings. The van der Waals surface area contributed by atoms with Crippen LogP contribution in [0.3, 0.4) is 0 Å². The maximum Gasteiger partial charge on any atom is 0.269 e. The molecule has 0 saturated carbocycles. The van der Waals surface area contributed by atoms with E-state index in [1.54, 1.807) is 6.92 Å². The molecule has 0 aliphatic heterocycles. The Morgan fingerprint density at radius 1 is 1.30 bits per heavy atom. The highest BCUT2D eigenvalue weighted by Crippen LogP contribution is 2.16. The fraction of sp³-hybridized carbons (Fsp3) is 0.500. The van der Waals surface area contributed by atoms with Gasteiger partial charge < -0.3 is 5.73 Å². The molecule has 20 heavy (non-hydrogen) atoms. The van der Waals surface area contributed by atoms with E-state index >= 15 is 0 Å². The summed E-state index contributed by atoms with van der Waals surface area (Å²) in [6, 6.07) is 4.60. The van der Waals surface area contributed by atoms with E-state index in [1.165, 1.54) is 24.3 Å². The van der Waals surface area contributed by atoms with Gasteiger partial charge in [0.1, 0.15) is 0 Å². The van der Waals surface area contributed by atoms with Crippen molar-refractivity contribution in [3.63, 3.8) is 0 Å². The third-order valence-electron chi connectivity index (χ3n) is 2.81. The number of nitro benzene ring substituents is 1. The predicted molar refractivity (Wildman–Crippen MR) is 75.8 cm³/mol. The monoisotopic (exact) mass is 301 g/mol. The Balaban J connectivity index is 2.70. The molecule has 0 bridgehead atoms. The summed E-state index contributed by atoms with van der Waals surface area (Å²) in [5, 5.41) is 10.5. The van der Waals surface area contributed by atoms with E-state index in [1.807, 2.05) is 0 Å². The van der Waals surface area contributed by atoms with Crippen molar-refractivity contribution in [1.82, 2.24) is 4.72 Å². The molecule has 0 radical (unpaired) electrons. The third-order valence-corrected chi connectivity index (χ3v) is 4.41. The number of nitrogens with zero attached hydrogens (tertiary/aromatic N) is 1. The fourth-order valence-corrected chi connectivity index (χ4v) is 3.01. The zero-order chi connectivity index (χ0) is 15.2. The second-order valence-corrected chi connectivity index (χ2v) is 6.27. The van der Waals surface area contributed by atoms with Gasteiger partial charge in [0, 0.05) is 18.2 Å². The molecule has 1 atom stereocenters. The highest BCUT2D eigenvalue weighted by Gasteiger charge is 2.18. The van der Waals surface area contributed by atoms with Crippen molar-refractivity contribution in [3.8, 4) is 0 Å². The van der Waals surface area contributed by atoms with Crippen molar-refractivity contribution >= 4 is 15.7 Å². The molecule has 112 valence electrons. The van der Waals surface area contributed by atoms with Crippen LogP contribution in [0.15, 0.2) is 29.2 Å². The van der Waals surface area contributed by atoms with Crippen molar-refractivity contribution in [2.45, 2.75) is 37.1 Å². The topological polar surface area (TPSA) is 115 Å². The standard InChI is InChI=1S/C12H19N3O4S/c1-10(4-2-3-9-13)14-20(18,19)12-7-5-11(6-8-12)15(16)17/h5-8,10,14H,2-4,9,13H2,1H3. The number of unbranched alkanes of at least 4 members (excludes halogenated alkanes) is 1. The quantitative estimate of drug-likeness (QED) is 0.427. The number of rotatable bonds is 8. The lowest BCUT2D eigenvalue weighted by atomic mass is 10.1. The zero-order valence-corrected chi connectivity index (χ0v) is 12.1. The van der Waals surface area contributed by atoms with Crippen LogP contribution in [0.1, 0.15) is 26.2 Å². The maximum atomic E-state index is 12.1. The Labute approximate surface area is 118 Å². The van der Waals surface area contributed by atoms with Gasteiger partial charge in [-0.1, -0.05) is 6.42 Å². The fourth-order valence-electron chi connectivity index (χ4n) is 1.73. The first kappa shape index (κ1) is 16.5. The number of non-ortho nitro benzene ring substituents is 1. The molecule has 8 heteroatoms. The van der Waals surface area contributed by atoms with Crippen LogP contribution in [0.4, 0.5) is 5.69 Å². The molecule has 1 aromatic rings. The van der Waals surface area contributed by atoms with E-state index in [4.69, 9.17) is 5.73 Å². The molecule has 1 unspecified atom stereocenters. The minimum Gasteiger partial charge on any atom is -0.330 e. The lowest BCUT2D eigenvalue weighted by Gasteiger charge is -2.13. The Morgan fingerprint density at radius 2 is 1.90 bits per heavy atom. The van der Waals surface area contributed by atoms with Crippen LogP contribution in [0, 0.1) is 10.1 Å². The highest BCUT2D eigenvalue weighted by molar-refractivity contribution is 7.89. The van der Waals surface area contributed by atoms with Gasteiger partial charge in [-0.05, 0) is 38.4 Å². The highest BCUT2D eigenvalue weighted by atomic mass is 32.2. The molecule has 0 heterocycles. The maximum absolute atomic E-state index is 12.1. The summed E-state index contributed by atoms with van der Waals surface area (Å²) in [5.74, 6) is 0. The Morgan fingerprint density at radius 3 is 2.40 bits per heavy atom. The molecular formula is C12H19N3O4S. The van der Waals surface area contributed by atoms with E-state index in [9.17, 15) is 18.5 Å². The van der Waals surface area contributed by atoms with Crippen LogP contribution in [-0.2, 0) is 10.0 Å². The van der Waals surface area contributed by atoms with Gasteiger partial charge in [0.2, 0.25) is 10.0 Å². The third kappa shape index (κ3) is 4.87. The average molecular weight is 301 g/mol. The van der Waals surface area contributed by atoms with Gasteiger partial charge in [-0.25, -0.2) is 13.1 Å². The van der Waals surface area contributed by atoms with Crippen molar-refractivity contribution in [2.75, 3.05) is 6.54 Å². The van der Waals surface area contributed by atoms with Crippen LogP contribution in [0.5, 0.6) is 0 Å². The molecule has 1 rings (SSSR count). The number of nitrogens with two attached hydrogens (primary N) is 1. The molecule has 0 aliphatic carbocycles. The molecule has 1 aromatic carbocycles. The first-order chi connectivity index (χ1) is 9.36. The van der Waals surface area contributed by atoms with E-state index in [-0.39, 0.29) is 16.6 Å². The smallest absolute Gasteiger partial charge is 0.269 e. The molecule has 0 saturated heterocycles. The molecule has 3 N–H and O–H groups in total. The summed E-state index contributed by atoms with van der Waals surface area (Å²) in [4.78, 5) is 9.97. The number of hydrogen-bond acceptors (Lipinski definition) is 5. The number of nitro groups is 1. The van der Waals surface area contributed by atoms with Crippen molar-refractivity contribution < 1.29 is 13.3 Å². The van der Waals surface area contributed by atoms with Crippen LogP contribution >= 0.6 is 0 Å². The lowest BCUT2D eigenvalue weighted by Crippen LogP contribution is -2.32. The Hall–Kier alpha value is -1.51. The van der Waals surface area contributed by atoms with Gasteiger partial charge in [0.15, 0.2) is 0 Å². The van der Waals surface area contributed by atoms with Crippen LogP contribution < -0.4 is 10.5 Å².